The number of anilines is 1. The highest BCUT2D eigenvalue weighted by molar-refractivity contribution is 7.19. The minimum absolute atomic E-state index is 0. The molecular formula is C26H25ClN2OS. The Labute approximate surface area is 193 Å². The van der Waals surface area contributed by atoms with Gasteiger partial charge in [0.05, 0.1) is 5.69 Å². The average molecular weight is 449 g/mol. The van der Waals surface area contributed by atoms with Crippen LogP contribution in [0.4, 0.5) is 5.69 Å². The lowest BCUT2D eigenvalue weighted by Gasteiger charge is -2.14. The maximum atomic E-state index is 11.5. The molecule has 2 heterocycles. The Balaban J connectivity index is 0.00000231. The number of thiophene rings is 1. The Morgan fingerprint density at radius 1 is 1.00 bits per heavy atom. The Bertz CT molecular complexity index is 1280. The second kappa shape index (κ2) is 8.81. The molecule has 2 aromatic carbocycles. The number of aryl methyl sites for hydroxylation is 3. The average Bonchev–Trinajstić information content (AvgIpc) is 3.11. The number of pyridine rings is 1. The third kappa shape index (κ3) is 4.23. The van der Waals surface area contributed by atoms with Gasteiger partial charge in [0.25, 0.3) is 0 Å². The van der Waals surface area contributed by atoms with Crippen LogP contribution in [0.2, 0.25) is 0 Å². The van der Waals surface area contributed by atoms with Crippen LogP contribution < -0.4 is 5.32 Å². The summed E-state index contributed by atoms with van der Waals surface area (Å²) in [5.41, 5.74) is 8.04. The fourth-order valence-electron chi connectivity index (χ4n) is 4.41. The maximum absolute atomic E-state index is 11.5. The number of benzene rings is 2. The summed E-state index contributed by atoms with van der Waals surface area (Å²) in [4.78, 5) is 19.2. The molecule has 158 valence electrons. The first-order valence-electron chi connectivity index (χ1n) is 10.5. The summed E-state index contributed by atoms with van der Waals surface area (Å²) in [6.07, 6.45) is 4.84. The van der Waals surface area contributed by atoms with Gasteiger partial charge in [-0.15, -0.1) is 23.7 Å². The summed E-state index contributed by atoms with van der Waals surface area (Å²) in [6.45, 7) is 3.67. The number of carbonyl (C=O) groups excluding carboxylic acids is 1. The minimum atomic E-state index is -0.0676. The van der Waals surface area contributed by atoms with Gasteiger partial charge in [0, 0.05) is 28.4 Å². The molecule has 5 heteroatoms. The Morgan fingerprint density at radius 3 is 2.58 bits per heavy atom. The van der Waals surface area contributed by atoms with E-state index in [1.165, 1.54) is 52.3 Å². The SMILES string of the molecule is CC(=O)Nc1cccc(-c2cc(-c3cccc(C)c3)c3c4c(sc3n2)CCCC4)c1.Cl. The van der Waals surface area contributed by atoms with E-state index >= 15 is 0 Å². The van der Waals surface area contributed by atoms with Crippen molar-refractivity contribution < 1.29 is 4.79 Å². The van der Waals surface area contributed by atoms with Crippen LogP contribution in [0.25, 0.3) is 32.6 Å². The van der Waals surface area contributed by atoms with Crippen molar-refractivity contribution in [3.8, 4) is 22.4 Å². The van der Waals surface area contributed by atoms with Gasteiger partial charge in [0.1, 0.15) is 4.83 Å². The molecule has 0 saturated carbocycles. The lowest BCUT2D eigenvalue weighted by molar-refractivity contribution is -0.114. The highest BCUT2D eigenvalue weighted by atomic mass is 35.5. The summed E-state index contributed by atoms with van der Waals surface area (Å²) in [5.74, 6) is -0.0676. The molecule has 0 fully saturated rings. The van der Waals surface area contributed by atoms with Gasteiger partial charge in [-0.1, -0.05) is 42.0 Å². The molecular weight excluding hydrogens is 424 g/mol. The summed E-state index contributed by atoms with van der Waals surface area (Å²) in [7, 11) is 0. The molecule has 1 aliphatic carbocycles. The van der Waals surface area contributed by atoms with Crippen LogP contribution in [-0.4, -0.2) is 10.9 Å². The van der Waals surface area contributed by atoms with Gasteiger partial charge in [-0.25, -0.2) is 4.98 Å². The van der Waals surface area contributed by atoms with Crippen LogP contribution in [0.15, 0.2) is 54.6 Å². The molecule has 0 aliphatic heterocycles. The molecule has 5 rings (SSSR count). The van der Waals surface area contributed by atoms with Crippen molar-refractivity contribution in [2.75, 3.05) is 5.32 Å². The smallest absolute Gasteiger partial charge is 0.221 e. The number of carbonyl (C=O) groups is 1. The predicted molar refractivity (Wildman–Crippen MR) is 133 cm³/mol. The van der Waals surface area contributed by atoms with Crippen molar-refractivity contribution in [2.24, 2.45) is 0 Å². The molecule has 1 amide bonds. The molecule has 0 radical (unpaired) electrons. The first-order valence-corrected chi connectivity index (χ1v) is 11.3. The summed E-state index contributed by atoms with van der Waals surface area (Å²) < 4.78 is 0. The molecule has 0 saturated heterocycles. The fraction of sp³-hybridized carbons (Fsp3) is 0.231. The van der Waals surface area contributed by atoms with Crippen molar-refractivity contribution in [3.63, 3.8) is 0 Å². The van der Waals surface area contributed by atoms with E-state index in [1.807, 2.05) is 29.5 Å². The highest BCUT2D eigenvalue weighted by Crippen LogP contribution is 2.42. The van der Waals surface area contributed by atoms with Crippen LogP contribution in [0.3, 0.4) is 0 Å². The third-order valence-electron chi connectivity index (χ3n) is 5.73. The Morgan fingerprint density at radius 2 is 1.77 bits per heavy atom. The van der Waals surface area contributed by atoms with Crippen molar-refractivity contribution in [2.45, 2.75) is 39.5 Å². The lowest BCUT2D eigenvalue weighted by atomic mass is 9.91. The summed E-state index contributed by atoms with van der Waals surface area (Å²) >= 11 is 1.86. The number of amides is 1. The van der Waals surface area contributed by atoms with Crippen LogP contribution in [-0.2, 0) is 17.6 Å². The Kier molecular flexibility index (Phi) is 6.12. The van der Waals surface area contributed by atoms with Crippen molar-refractivity contribution in [1.29, 1.82) is 0 Å². The molecule has 1 N–H and O–H groups in total. The molecule has 0 spiro atoms. The largest absolute Gasteiger partial charge is 0.326 e. The van der Waals surface area contributed by atoms with E-state index in [0.29, 0.717) is 0 Å². The zero-order chi connectivity index (χ0) is 20.7. The number of nitrogens with zero attached hydrogens (tertiary/aromatic N) is 1. The normalized spacial score (nSPS) is 12.8. The van der Waals surface area contributed by atoms with E-state index in [9.17, 15) is 4.79 Å². The summed E-state index contributed by atoms with van der Waals surface area (Å²) in [6, 6.07) is 18.9. The monoisotopic (exact) mass is 448 g/mol. The molecule has 1 aliphatic rings. The number of fused-ring (bicyclic) bond motifs is 3. The van der Waals surface area contributed by atoms with Gasteiger partial charge >= 0.3 is 0 Å². The molecule has 3 nitrogen and oxygen atoms in total. The molecule has 0 bridgehead atoms. The molecule has 0 atom stereocenters. The second-order valence-corrected chi connectivity index (χ2v) is 9.16. The van der Waals surface area contributed by atoms with E-state index in [-0.39, 0.29) is 18.3 Å². The molecule has 0 unspecified atom stereocenters. The topological polar surface area (TPSA) is 42.0 Å². The highest BCUT2D eigenvalue weighted by Gasteiger charge is 2.21. The first-order chi connectivity index (χ1) is 14.6. The van der Waals surface area contributed by atoms with Crippen molar-refractivity contribution in [1.82, 2.24) is 4.98 Å². The maximum Gasteiger partial charge on any atom is 0.221 e. The first kappa shape index (κ1) is 21.5. The second-order valence-electron chi connectivity index (χ2n) is 8.08. The van der Waals surface area contributed by atoms with E-state index in [0.717, 1.165) is 34.6 Å². The van der Waals surface area contributed by atoms with Crippen LogP contribution >= 0.6 is 23.7 Å². The number of hydrogen-bond donors (Lipinski definition) is 1. The standard InChI is InChI=1S/C26H24N2OS.ClH/c1-16-7-5-8-18(13-16)22-15-23(19-9-6-10-20(14-19)27-17(2)29)28-26-25(22)21-11-3-4-12-24(21)30-26;/h5-10,13-15H,3-4,11-12H2,1-2H3,(H,27,29);1H. The minimum Gasteiger partial charge on any atom is -0.326 e. The van der Waals surface area contributed by atoms with Gasteiger partial charge in [-0.3, -0.25) is 4.79 Å². The zero-order valence-electron chi connectivity index (χ0n) is 17.7. The van der Waals surface area contributed by atoms with Crippen molar-refractivity contribution in [3.05, 3.63) is 70.6 Å². The number of hydrogen-bond acceptors (Lipinski definition) is 3. The third-order valence-corrected chi connectivity index (χ3v) is 6.92. The van der Waals surface area contributed by atoms with Gasteiger partial charge in [0.15, 0.2) is 0 Å². The van der Waals surface area contributed by atoms with Gasteiger partial charge < -0.3 is 5.32 Å². The molecule has 31 heavy (non-hydrogen) atoms. The summed E-state index contributed by atoms with van der Waals surface area (Å²) in [5, 5.41) is 4.22. The molecule has 4 aromatic rings. The molecule has 2 aromatic heterocycles. The van der Waals surface area contributed by atoms with Crippen molar-refractivity contribution >= 4 is 45.6 Å². The number of nitrogens with one attached hydrogen (secondary N) is 1. The zero-order valence-corrected chi connectivity index (χ0v) is 19.3. The van der Waals surface area contributed by atoms with Crippen LogP contribution in [0.1, 0.15) is 35.8 Å². The van der Waals surface area contributed by atoms with E-state index in [4.69, 9.17) is 4.98 Å². The van der Waals surface area contributed by atoms with E-state index in [1.54, 1.807) is 0 Å². The van der Waals surface area contributed by atoms with Gasteiger partial charge in [-0.2, -0.15) is 0 Å². The number of rotatable bonds is 3. The predicted octanol–water partition coefficient (Wildman–Crippen LogP) is 7.20. The van der Waals surface area contributed by atoms with Crippen LogP contribution in [0.5, 0.6) is 0 Å². The van der Waals surface area contributed by atoms with Crippen LogP contribution in [0, 0.1) is 6.92 Å². The van der Waals surface area contributed by atoms with E-state index in [2.05, 4.69) is 48.6 Å². The lowest BCUT2D eigenvalue weighted by Crippen LogP contribution is -2.05. The van der Waals surface area contributed by atoms with E-state index < -0.39 is 0 Å². The van der Waals surface area contributed by atoms with Gasteiger partial charge in [0.2, 0.25) is 5.91 Å². The van der Waals surface area contributed by atoms with Gasteiger partial charge in [-0.05, 0) is 67.5 Å². The number of halogens is 1. The fourth-order valence-corrected chi connectivity index (χ4v) is 5.69. The number of aromatic nitrogens is 1. The Hall–Kier alpha value is -2.69. The quantitative estimate of drug-likeness (QED) is 0.360.